The Labute approximate surface area is 296 Å². The Morgan fingerprint density at radius 1 is 0.846 bits per heavy atom. The van der Waals surface area contributed by atoms with Crippen LogP contribution < -0.4 is 20.7 Å². The second-order valence-electron chi connectivity index (χ2n) is 12.3. The van der Waals surface area contributed by atoms with Crippen molar-refractivity contribution >= 4 is 29.5 Å². The van der Waals surface area contributed by atoms with Crippen molar-refractivity contribution in [1.82, 2.24) is 25.2 Å². The van der Waals surface area contributed by atoms with Gasteiger partial charge in [-0.3, -0.25) is 10.1 Å². The molecule has 3 aromatic rings. The molecule has 4 N–H and O–H groups in total. The van der Waals surface area contributed by atoms with E-state index in [9.17, 15) is 41.0 Å². The Balaban J connectivity index is 1.57. The van der Waals surface area contributed by atoms with Gasteiger partial charge in [-0.05, 0) is 70.0 Å². The molecular formula is C33H41F6N7O6. The Morgan fingerprint density at radius 3 is 2.15 bits per heavy atom. The number of aromatic nitrogens is 3. The maximum Gasteiger partial charge on any atom is 0.471 e. The number of ether oxygens (including phenoxy) is 3. The molecule has 0 aliphatic heterocycles. The number of aliphatic hydroxyl groups excluding tert-OH is 1. The van der Waals surface area contributed by atoms with E-state index in [1.807, 2.05) is 30.3 Å². The topological polar surface area (TPSA) is 160 Å². The van der Waals surface area contributed by atoms with E-state index in [0.717, 1.165) is 5.56 Å². The first-order valence-corrected chi connectivity index (χ1v) is 16.1. The van der Waals surface area contributed by atoms with Crippen molar-refractivity contribution in [3.8, 4) is 6.01 Å². The van der Waals surface area contributed by atoms with E-state index in [-0.39, 0.29) is 43.6 Å². The fourth-order valence-corrected chi connectivity index (χ4v) is 4.29. The summed E-state index contributed by atoms with van der Waals surface area (Å²) in [7, 11) is 0. The zero-order valence-corrected chi connectivity index (χ0v) is 28.7. The van der Waals surface area contributed by atoms with E-state index in [2.05, 4.69) is 35.6 Å². The minimum absolute atomic E-state index is 0.174. The largest absolute Gasteiger partial charge is 0.471 e. The van der Waals surface area contributed by atoms with Crippen LogP contribution in [0.15, 0.2) is 54.6 Å². The van der Waals surface area contributed by atoms with Gasteiger partial charge in [-0.1, -0.05) is 36.8 Å². The average Bonchev–Trinajstić information content (AvgIpc) is 3.06. The molecule has 52 heavy (non-hydrogen) atoms. The number of benzene rings is 2. The predicted octanol–water partition coefficient (Wildman–Crippen LogP) is 5.57. The summed E-state index contributed by atoms with van der Waals surface area (Å²) in [5.74, 6) is -3.28. The average molecular weight is 746 g/mol. The van der Waals surface area contributed by atoms with Crippen molar-refractivity contribution < 1.29 is 55.2 Å². The number of rotatable bonds is 19. The molecule has 1 aromatic heterocycles. The van der Waals surface area contributed by atoms with Gasteiger partial charge in [0.2, 0.25) is 18.3 Å². The van der Waals surface area contributed by atoms with E-state index in [4.69, 9.17) is 9.47 Å². The van der Waals surface area contributed by atoms with Crippen LogP contribution in [0.25, 0.3) is 0 Å². The van der Waals surface area contributed by atoms with Gasteiger partial charge < -0.3 is 34.9 Å². The second kappa shape index (κ2) is 19.2. The van der Waals surface area contributed by atoms with Gasteiger partial charge in [0, 0.05) is 25.3 Å². The molecule has 1 heterocycles. The minimum atomic E-state index is -5.15. The quantitative estimate of drug-likeness (QED) is 0.0524. The number of aliphatic hydroxyl groups is 1. The first kappa shape index (κ1) is 41.7. The number of nitrogens with zero attached hydrogens (tertiary/aromatic N) is 4. The molecule has 1 atom stereocenters. The summed E-state index contributed by atoms with van der Waals surface area (Å²) in [4.78, 5) is 36.6. The number of esters is 1. The van der Waals surface area contributed by atoms with Gasteiger partial charge in [0.15, 0.2) is 6.61 Å². The number of carbonyl (C=O) groups is 2. The highest BCUT2D eigenvalue weighted by Crippen LogP contribution is 2.22. The van der Waals surface area contributed by atoms with Crippen molar-refractivity contribution in [1.29, 1.82) is 0 Å². The number of halogens is 6. The normalized spacial score (nSPS) is 12.6. The third-order valence-corrected chi connectivity index (χ3v) is 6.62. The Kier molecular flexibility index (Phi) is 15.4. The van der Waals surface area contributed by atoms with Gasteiger partial charge in [0.1, 0.15) is 5.60 Å². The lowest BCUT2D eigenvalue weighted by molar-refractivity contribution is -0.185. The van der Waals surface area contributed by atoms with Crippen molar-refractivity contribution in [2.45, 2.75) is 71.0 Å². The highest BCUT2D eigenvalue weighted by Gasteiger charge is 2.42. The number of amides is 1. The summed E-state index contributed by atoms with van der Waals surface area (Å²) < 4.78 is 93.9. The zero-order valence-electron chi connectivity index (χ0n) is 28.7. The van der Waals surface area contributed by atoms with Crippen LogP contribution in [-0.4, -0.2) is 94.0 Å². The molecule has 0 radical (unpaired) electrons. The fourth-order valence-electron chi connectivity index (χ4n) is 4.29. The van der Waals surface area contributed by atoms with Crippen molar-refractivity contribution in [2.75, 3.05) is 43.4 Å². The molecule has 0 bridgehead atoms. The van der Waals surface area contributed by atoms with Crippen LogP contribution in [0.5, 0.6) is 6.01 Å². The summed E-state index contributed by atoms with van der Waals surface area (Å²) in [6, 6.07) is 14.2. The Morgan fingerprint density at radius 2 is 1.52 bits per heavy atom. The molecule has 0 aliphatic rings. The van der Waals surface area contributed by atoms with Gasteiger partial charge in [-0.25, -0.2) is 4.79 Å². The Bertz CT molecular complexity index is 1560. The first-order valence-electron chi connectivity index (χ1n) is 16.1. The lowest BCUT2D eigenvalue weighted by Gasteiger charge is -2.24. The third-order valence-electron chi connectivity index (χ3n) is 6.62. The Hall–Kier alpha value is -4.75. The summed E-state index contributed by atoms with van der Waals surface area (Å²) >= 11 is 0. The highest BCUT2D eigenvalue weighted by molar-refractivity contribution is 5.90. The molecule has 0 spiro atoms. The standard InChI is InChI=1S/C33H41F6N7O6/c1-31(2,3)52-25(47)23-12-14-24(15-13-23)42-28-43-27(44-29(45-28)51-21-32(34,35)36)40-17-19-46(26(48)33(37,38)39)18-9-5-8-16-41-30(49)50-20-22-10-6-4-7-11-22/h4,6-7,10-15,30,41,49H,5,8-9,16-21H2,1-3H3,(H2,40,42,43,44,45). The maximum atomic E-state index is 13.4. The summed E-state index contributed by atoms with van der Waals surface area (Å²) in [5.41, 5.74) is 0.676. The highest BCUT2D eigenvalue weighted by atomic mass is 19.4. The van der Waals surface area contributed by atoms with Crippen LogP contribution in [0.1, 0.15) is 56.0 Å². The molecule has 0 saturated heterocycles. The predicted molar refractivity (Wildman–Crippen MR) is 176 cm³/mol. The van der Waals surface area contributed by atoms with Crippen LogP contribution in [0, 0.1) is 0 Å². The number of anilines is 3. The van der Waals surface area contributed by atoms with Gasteiger partial charge in [-0.2, -0.15) is 41.3 Å². The van der Waals surface area contributed by atoms with Crippen molar-refractivity contribution in [3.63, 3.8) is 0 Å². The van der Waals surface area contributed by atoms with Crippen molar-refractivity contribution in [2.24, 2.45) is 0 Å². The SMILES string of the molecule is CC(C)(C)OC(=O)c1ccc(Nc2nc(NCCN(CCCCCNC(O)OCc3ccccc3)C(=O)C(F)(F)F)nc(OCC(F)(F)F)n2)cc1. The molecule has 3 rings (SSSR count). The third kappa shape index (κ3) is 16.1. The summed E-state index contributed by atoms with van der Waals surface area (Å²) in [6.07, 6.45) is -10.0. The lowest BCUT2D eigenvalue weighted by atomic mass is 10.1. The summed E-state index contributed by atoms with van der Waals surface area (Å²) in [6.45, 7) is 2.83. The van der Waals surface area contributed by atoms with Crippen LogP contribution in [0.3, 0.4) is 0 Å². The van der Waals surface area contributed by atoms with Gasteiger partial charge in [-0.15, -0.1) is 0 Å². The smallest absolute Gasteiger partial charge is 0.456 e. The van der Waals surface area contributed by atoms with Crippen LogP contribution in [0.2, 0.25) is 0 Å². The van der Waals surface area contributed by atoms with E-state index >= 15 is 0 Å². The van der Waals surface area contributed by atoms with Gasteiger partial charge >= 0.3 is 30.2 Å². The maximum absolute atomic E-state index is 13.4. The lowest BCUT2D eigenvalue weighted by Crippen LogP contribution is -2.44. The molecule has 13 nitrogen and oxygen atoms in total. The monoisotopic (exact) mass is 745 g/mol. The van der Waals surface area contributed by atoms with E-state index < -0.39 is 55.4 Å². The molecule has 1 amide bonds. The summed E-state index contributed by atoms with van der Waals surface area (Å²) in [5, 5.41) is 18.0. The second-order valence-corrected chi connectivity index (χ2v) is 12.3. The van der Waals surface area contributed by atoms with Crippen molar-refractivity contribution in [3.05, 3.63) is 65.7 Å². The number of carbonyl (C=O) groups excluding carboxylic acids is 2. The molecule has 0 fully saturated rings. The number of nitrogens with one attached hydrogen (secondary N) is 3. The molecule has 2 aromatic carbocycles. The number of hydrogen-bond donors (Lipinski definition) is 4. The molecule has 19 heteroatoms. The fraction of sp³-hybridized carbons (Fsp3) is 0.485. The van der Waals surface area contributed by atoms with Gasteiger partial charge in [0.05, 0.1) is 12.2 Å². The van der Waals surface area contributed by atoms with Gasteiger partial charge in [0.25, 0.3) is 0 Å². The first-order chi connectivity index (χ1) is 24.4. The molecular weight excluding hydrogens is 704 g/mol. The van der Waals surface area contributed by atoms with Crippen LogP contribution in [-0.2, 0) is 20.9 Å². The number of hydrogen-bond acceptors (Lipinski definition) is 12. The number of alkyl halides is 6. The zero-order chi connectivity index (χ0) is 38.4. The van der Waals surface area contributed by atoms with E-state index in [1.165, 1.54) is 24.3 Å². The minimum Gasteiger partial charge on any atom is -0.456 e. The molecule has 0 saturated carbocycles. The molecule has 1 unspecified atom stereocenters. The number of unbranched alkanes of at least 4 members (excludes halogenated alkanes) is 2. The van der Waals surface area contributed by atoms with E-state index in [0.29, 0.717) is 30.0 Å². The van der Waals surface area contributed by atoms with E-state index in [1.54, 1.807) is 20.8 Å². The van der Waals surface area contributed by atoms with Crippen LogP contribution in [0.4, 0.5) is 43.9 Å². The molecule has 0 aliphatic carbocycles. The molecule has 286 valence electrons. The van der Waals surface area contributed by atoms with Crippen LogP contribution >= 0.6 is 0 Å².